The highest BCUT2D eigenvalue weighted by molar-refractivity contribution is 6.31. The number of ether oxygens (including phenoxy) is 1. The molecule has 1 heterocycles. The van der Waals surface area contributed by atoms with Crippen molar-refractivity contribution in [3.05, 3.63) is 52.7 Å². The Labute approximate surface area is 128 Å². The lowest BCUT2D eigenvalue weighted by molar-refractivity contribution is 0.0527. The highest BCUT2D eigenvalue weighted by Gasteiger charge is 2.12. The van der Waals surface area contributed by atoms with Crippen LogP contribution in [0.4, 0.5) is 11.5 Å². The number of nitrogens with two attached hydrogens (primary N) is 1. The number of nitrogens with one attached hydrogen (secondary N) is 1. The predicted molar refractivity (Wildman–Crippen MR) is 83.4 cm³/mol. The molecule has 0 fully saturated rings. The fourth-order valence-corrected chi connectivity index (χ4v) is 1.98. The summed E-state index contributed by atoms with van der Waals surface area (Å²) in [6.45, 7) is 2.54. The van der Waals surface area contributed by atoms with Crippen molar-refractivity contribution in [1.82, 2.24) is 4.98 Å². The van der Waals surface area contributed by atoms with Crippen LogP contribution in [0.2, 0.25) is 5.02 Å². The third-order valence-electron chi connectivity index (χ3n) is 2.85. The van der Waals surface area contributed by atoms with Crippen LogP contribution in [0.25, 0.3) is 0 Å². The van der Waals surface area contributed by atoms with E-state index in [0.29, 0.717) is 29.6 Å². The second-order valence-electron chi connectivity index (χ2n) is 4.32. The molecule has 2 aromatic rings. The van der Waals surface area contributed by atoms with Crippen LogP contribution in [0.1, 0.15) is 22.8 Å². The van der Waals surface area contributed by atoms with E-state index in [9.17, 15) is 4.79 Å². The molecule has 1 aromatic heterocycles. The standard InChI is InChI=1S/C15H16ClN3O2/c1-2-21-15(20)11-7-14(19-9-13(11)17)18-8-10-5-3-4-6-12(10)16/h3-7,9H,2,8,17H2,1H3,(H,18,19). The minimum Gasteiger partial charge on any atom is -0.462 e. The van der Waals surface area contributed by atoms with E-state index in [1.807, 2.05) is 24.3 Å². The summed E-state index contributed by atoms with van der Waals surface area (Å²) in [7, 11) is 0. The van der Waals surface area contributed by atoms with Gasteiger partial charge in [-0.1, -0.05) is 29.8 Å². The van der Waals surface area contributed by atoms with Crippen molar-refractivity contribution in [2.45, 2.75) is 13.5 Å². The van der Waals surface area contributed by atoms with Gasteiger partial charge in [-0.2, -0.15) is 0 Å². The molecule has 3 N–H and O–H groups in total. The fraction of sp³-hybridized carbons (Fsp3) is 0.200. The monoisotopic (exact) mass is 305 g/mol. The molecule has 0 aliphatic heterocycles. The van der Waals surface area contributed by atoms with Gasteiger partial charge < -0.3 is 15.8 Å². The number of pyridine rings is 1. The molecule has 0 aliphatic rings. The Bertz CT molecular complexity index is 647. The largest absolute Gasteiger partial charge is 0.462 e. The Hall–Kier alpha value is -2.27. The van der Waals surface area contributed by atoms with E-state index in [4.69, 9.17) is 22.1 Å². The third kappa shape index (κ3) is 3.86. The highest BCUT2D eigenvalue weighted by Crippen LogP contribution is 2.19. The van der Waals surface area contributed by atoms with Crippen LogP contribution < -0.4 is 11.1 Å². The van der Waals surface area contributed by atoms with Gasteiger partial charge in [0.1, 0.15) is 5.82 Å². The highest BCUT2D eigenvalue weighted by atomic mass is 35.5. The number of carbonyl (C=O) groups is 1. The average molecular weight is 306 g/mol. The number of benzene rings is 1. The first kappa shape index (κ1) is 15.1. The van der Waals surface area contributed by atoms with Gasteiger partial charge in [0.05, 0.1) is 24.1 Å². The van der Waals surface area contributed by atoms with Crippen molar-refractivity contribution < 1.29 is 9.53 Å². The van der Waals surface area contributed by atoms with Crippen molar-refractivity contribution in [2.24, 2.45) is 0 Å². The van der Waals surface area contributed by atoms with Gasteiger partial charge in [0.2, 0.25) is 0 Å². The Morgan fingerprint density at radius 2 is 2.19 bits per heavy atom. The molecule has 21 heavy (non-hydrogen) atoms. The molecule has 0 bridgehead atoms. The lowest BCUT2D eigenvalue weighted by Crippen LogP contribution is -2.10. The van der Waals surface area contributed by atoms with Gasteiger partial charge in [-0.05, 0) is 24.6 Å². The van der Waals surface area contributed by atoms with Crippen LogP contribution >= 0.6 is 11.6 Å². The number of hydrogen-bond acceptors (Lipinski definition) is 5. The zero-order valence-electron chi connectivity index (χ0n) is 11.6. The quantitative estimate of drug-likeness (QED) is 0.830. The van der Waals surface area contributed by atoms with Gasteiger partial charge in [0, 0.05) is 11.6 Å². The molecule has 0 aliphatic carbocycles. The summed E-state index contributed by atoms with van der Waals surface area (Å²) in [5.74, 6) is 0.0744. The van der Waals surface area contributed by atoms with Crippen molar-refractivity contribution in [3.63, 3.8) is 0 Å². The molecule has 5 nitrogen and oxygen atoms in total. The normalized spacial score (nSPS) is 10.2. The topological polar surface area (TPSA) is 77.2 Å². The molecule has 1 aromatic carbocycles. The van der Waals surface area contributed by atoms with Crippen LogP contribution in [-0.2, 0) is 11.3 Å². The Morgan fingerprint density at radius 1 is 1.43 bits per heavy atom. The number of halogens is 1. The molecular formula is C15H16ClN3O2. The summed E-state index contributed by atoms with van der Waals surface area (Å²) in [4.78, 5) is 15.9. The molecular weight excluding hydrogens is 290 g/mol. The maximum absolute atomic E-state index is 11.8. The molecule has 0 spiro atoms. The van der Waals surface area contributed by atoms with Crippen molar-refractivity contribution in [2.75, 3.05) is 17.7 Å². The third-order valence-corrected chi connectivity index (χ3v) is 3.22. The summed E-state index contributed by atoms with van der Waals surface area (Å²) in [6, 6.07) is 9.08. The number of nitrogen functional groups attached to an aromatic ring is 1. The first-order chi connectivity index (χ1) is 10.1. The van der Waals surface area contributed by atoms with Gasteiger partial charge in [-0.25, -0.2) is 9.78 Å². The minimum absolute atomic E-state index is 0.289. The maximum Gasteiger partial charge on any atom is 0.340 e. The van der Waals surface area contributed by atoms with E-state index in [-0.39, 0.29) is 5.69 Å². The van der Waals surface area contributed by atoms with Crippen molar-refractivity contribution in [1.29, 1.82) is 0 Å². The first-order valence-corrected chi connectivity index (χ1v) is 6.89. The van der Waals surface area contributed by atoms with Crippen LogP contribution in [-0.4, -0.2) is 17.6 Å². The number of carbonyl (C=O) groups excluding carboxylic acids is 1. The average Bonchev–Trinajstić information content (AvgIpc) is 2.48. The lowest BCUT2D eigenvalue weighted by Gasteiger charge is -2.10. The Morgan fingerprint density at radius 3 is 2.90 bits per heavy atom. The number of rotatable bonds is 5. The van der Waals surface area contributed by atoms with E-state index >= 15 is 0 Å². The molecule has 110 valence electrons. The van der Waals surface area contributed by atoms with Gasteiger partial charge in [-0.3, -0.25) is 0 Å². The fourth-order valence-electron chi connectivity index (χ4n) is 1.78. The summed E-state index contributed by atoms with van der Waals surface area (Å²) in [6.07, 6.45) is 1.43. The van der Waals surface area contributed by atoms with Gasteiger partial charge >= 0.3 is 5.97 Å². The molecule has 6 heteroatoms. The summed E-state index contributed by atoms with van der Waals surface area (Å²) < 4.78 is 4.95. The van der Waals surface area contributed by atoms with Crippen LogP contribution in [0.15, 0.2) is 36.5 Å². The van der Waals surface area contributed by atoms with E-state index < -0.39 is 5.97 Å². The van der Waals surface area contributed by atoms with E-state index in [1.54, 1.807) is 13.0 Å². The number of esters is 1. The molecule has 0 unspecified atom stereocenters. The number of anilines is 2. The lowest BCUT2D eigenvalue weighted by atomic mass is 10.2. The Kier molecular flexibility index (Phi) is 5.00. The first-order valence-electron chi connectivity index (χ1n) is 6.51. The van der Waals surface area contributed by atoms with E-state index in [0.717, 1.165) is 5.56 Å². The van der Waals surface area contributed by atoms with Crippen LogP contribution in [0, 0.1) is 0 Å². The van der Waals surface area contributed by atoms with E-state index in [2.05, 4.69) is 10.3 Å². The van der Waals surface area contributed by atoms with Gasteiger partial charge in [-0.15, -0.1) is 0 Å². The van der Waals surface area contributed by atoms with Crippen LogP contribution in [0.3, 0.4) is 0 Å². The number of aromatic nitrogens is 1. The van der Waals surface area contributed by atoms with Crippen molar-refractivity contribution in [3.8, 4) is 0 Å². The number of nitrogens with zero attached hydrogens (tertiary/aromatic N) is 1. The van der Waals surface area contributed by atoms with Crippen molar-refractivity contribution >= 4 is 29.1 Å². The second-order valence-corrected chi connectivity index (χ2v) is 4.73. The minimum atomic E-state index is -0.460. The van der Waals surface area contributed by atoms with Gasteiger partial charge in [0.15, 0.2) is 0 Å². The number of hydrogen-bond donors (Lipinski definition) is 2. The summed E-state index contributed by atoms with van der Waals surface area (Å²) >= 11 is 6.08. The molecule has 0 saturated heterocycles. The molecule has 0 saturated carbocycles. The van der Waals surface area contributed by atoms with Gasteiger partial charge in [0.25, 0.3) is 0 Å². The summed E-state index contributed by atoms with van der Waals surface area (Å²) in [5, 5.41) is 3.78. The zero-order valence-corrected chi connectivity index (χ0v) is 12.4. The Balaban J connectivity index is 2.12. The van der Waals surface area contributed by atoms with E-state index in [1.165, 1.54) is 6.20 Å². The molecule has 2 rings (SSSR count). The van der Waals surface area contributed by atoms with Crippen LogP contribution in [0.5, 0.6) is 0 Å². The smallest absolute Gasteiger partial charge is 0.340 e. The second kappa shape index (κ2) is 6.95. The maximum atomic E-state index is 11.8. The SMILES string of the molecule is CCOC(=O)c1cc(NCc2ccccc2Cl)ncc1N. The molecule has 0 amide bonds. The predicted octanol–water partition coefficient (Wildman–Crippen LogP) is 3.11. The summed E-state index contributed by atoms with van der Waals surface area (Å²) in [5.41, 5.74) is 7.27. The molecule has 0 radical (unpaired) electrons. The molecule has 0 atom stereocenters. The zero-order chi connectivity index (χ0) is 15.2.